The number of para-hydroxylation sites is 1. The van der Waals surface area contributed by atoms with Gasteiger partial charge in [-0.2, -0.15) is 0 Å². The predicted octanol–water partition coefficient (Wildman–Crippen LogP) is 3.28. The van der Waals surface area contributed by atoms with Gasteiger partial charge < -0.3 is 19.9 Å². The minimum atomic E-state index is 0. The number of nitrogens with zero attached hydrogens (tertiary/aromatic N) is 4. The maximum absolute atomic E-state index is 5.79. The second-order valence-corrected chi connectivity index (χ2v) is 8.04. The molecular formula is C23H40IN5O. The van der Waals surface area contributed by atoms with E-state index in [1.165, 1.54) is 5.69 Å². The van der Waals surface area contributed by atoms with E-state index in [2.05, 4.69) is 71.1 Å². The standard InChI is InChI=1S/C23H39N5O.HI/c1-4-24-23(28-13-11-22(12-14-28)29-5-2)25-19-20(3)26-15-17-27(18-16-26)21-9-7-6-8-10-21;/h6-10,20,22H,4-5,11-19H2,1-3H3,(H,24,25);1H. The van der Waals surface area contributed by atoms with Gasteiger partial charge in [0.05, 0.1) is 12.6 Å². The molecule has 7 heteroatoms. The van der Waals surface area contributed by atoms with Crippen molar-refractivity contribution in [2.75, 3.05) is 63.9 Å². The van der Waals surface area contributed by atoms with E-state index in [1.807, 2.05) is 0 Å². The maximum Gasteiger partial charge on any atom is 0.193 e. The van der Waals surface area contributed by atoms with Gasteiger partial charge in [0, 0.05) is 64.1 Å². The Bertz CT molecular complexity index is 613. The smallest absolute Gasteiger partial charge is 0.193 e. The number of likely N-dealkylation sites (tertiary alicyclic amines) is 1. The number of anilines is 1. The first-order valence-corrected chi connectivity index (χ1v) is 11.4. The zero-order chi connectivity index (χ0) is 20.5. The number of halogens is 1. The molecule has 0 aliphatic carbocycles. The lowest BCUT2D eigenvalue weighted by molar-refractivity contribution is 0.0263. The number of guanidine groups is 1. The van der Waals surface area contributed by atoms with E-state index in [9.17, 15) is 0 Å². The Morgan fingerprint density at radius 1 is 1.07 bits per heavy atom. The summed E-state index contributed by atoms with van der Waals surface area (Å²) in [4.78, 5) is 12.5. The molecule has 0 bridgehead atoms. The lowest BCUT2D eigenvalue weighted by Crippen LogP contribution is -2.51. The zero-order valence-corrected chi connectivity index (χ0v) is 21.3. The highest BCUT2D eigenvalue weighted by molar-refractivity contribution is 14.0. The molecule has 2 saturated heterocycles. The van der Waals surface area contributed by atoms with Crippen LogP contribution in [0.3, 0.4) is 0 Å². The van der Waals surface area contributed by atoms with Crippen molar-refractivity contribution in [3.8, 4) is 0 Å². The molecule has 30 heavy (non-hydrogen) atoms. The Hall–Kier alpha value is -1.06. The molecule has 1 unspecified atom stereocenters. The first-order valence-electron chi connectivity index (χ1n) is 11.4. The van der Waals surface area contributed by atoms with Crippen molar-refractivity contribution < 1.29 is 4.74 Å². The summed E-state index contributed by atoms with van der Waals surface area (Å²) < 4.78 is 5.79. The molecule has 3 rings (SSSR count). The summed E-state index contributed by atoms with van der Waals surface area (Å²) in [6, 6.07) is 11.2. The molecule has 1 N–H and O–H groups in total. The van der Waals surface area contributed by atoms with Crippen LogP contribution in [0, 0.1) is 0 Å². The number of aliphatic imine (C=N–C) groups is 1. The Morgan fingerprint density at radius 3 is 2.33 bits per heavy atom. The normalized spacial score (nSPS) is 20.0. The van der Waals surface area contributed by atoms with Gasteiger partial charge >= 0.3 is 0 Å². The number of rotatable bonds is 7. The van der Waals surface area contributed by atoms with Gasteiger partial charge in [-0.15, -0.1) is 24.0 Å². The lowest BCUT2D eigenvalue weighted by Gasteiger charge is -2.39. The van der Waals surface area contributed by atoms with Gasteiger partial charge in [-0.3, -0.25) is 9.89 Å². The molecule has 0 aromatic heterocycles. The molecule has 2 aliphatic rings. The summed E-state index contributed by atoms with van der Waals surface area (Å²) in [6.07, 6.45) is 2.60. The SMILES string of the molecule is CCNC(=NCC(C)N1CCN(c2ccccc2)CC1)N1CCC(OCC)CC1.I. The average Bonchev–Trinajstić information content (AvgIpc) is 2.78. The highest BCUT2D eigenvalue weighted by Crippen LogP contribution is 2.17. The molecule has 170 valence electrons. The molecule has 1 aromatic rings. The first-order chi connectivity index (χ1) is 14.2. The van der Waals surface area contributed by atoms with Crippen LogP contribution in [-0.2, 0) is 4.74 Å². The third-order valence-electron chi connectivity index (χ3n) is 6.04. The molecule has 0 amide bonds. The predicted molar refractivity (Wildman–Crippen MR) is 137 cm³/mol. The highest BCUT2D eigenvalue weighted by Gasteiger charge is 2.23. The van der Waals surface area contributed by atoms with Gasteiger partial charge in [-0.05, 0) is 45.7 Å². The molecule has 0 radical (unpaired) electrons. The van der Waals surface area contributed by atoms with E-state index >= 15 is 0 Å². The van der Waals surface area contributed by atoms with Gasteiger partial charge in [0.2, 0.25) is 0 Å². The maximum atomic E-state index is 5.79. The summed E-state index contributed by atoms with van der Waals surface area (Å²) in [5, 5.41) is 3.49. The first kappa shape index (κ1) is 25.2. The molecule has 0 saturated carbocycles. The van der Waals surface area contributed by atoms with Crippen LogP contribution in [0.4, 0.5) is 5.69 Å². The summed E-state index contributed by atoms with van der Waals surface area (Å²) in [6.45, 7) is 15.5. The number of piperidine rings is 1. The monoisotopic (exact) mass is 529 g/mol. The molecule has 2 aliphatic heterocycles. The number of hydrogen-bond donors (Lipinski definition) is 1. The Kier molecular flexibility index (Phi) is 11.2. The van der Waals surface area contributed by atoms with E-state index in [0.29, 0.717) is 12.1 Å². The highest BCUT2D eigenvalue weighted by atomic mass is 127. The van der Waals surface area contributed by atoms with Gasteiger partial charge in [0.1, 0.15) is 0 Å². The quantitative estimate of drug-likeness (QED) is 0.334. The molecule has 1 atom stereocenters. The fraction of sp³-hybridized carbons (Fsp3) is 0.696. The van der Waals surface area contributed by atoms with Gasteiger partial charge in [0.25, 0.3) is 0 Å². The van der Waals surface area contributed by atoms with E-state index in [1.54, 1.807) is 0 Å². The van der Waals surface area contributed by atoms with Crippen molar-refractivity contribution >= 4 is 35.6 Å². The molecule has 2 heterocycles. The van der Waals surface area contributed by atoms with Crippen LogP contribution < -0.4 is 10.2 Å². The Labute approximate surface area is 200 Å². The molecule has 1 aromatic carbocycles. The second-order valence-electron chi connectivity index (χ2n) is 8.04. The zero-order valence-electron chi connectivity index (χ0n) is 18.9. The minimum Gasteiger partial charge on any atom is -0.378 e. The number of nitrogens with one attached hydrogen (secondary N) is 1. The summed E-state index contributed by atoms with van der Waals surface area (Å²) in [5.41, 5.74) is 1.34. The number of piperazine rings is 1. The minimum absolute atomic E-state index is 0. The van der Waals surface area contributed by atoms with Crippen molar-refractivity contribution in [3.05, 3.63) is 30.3 Å². The van der Waals surface area contributed by atoms with Crippen LogP contribution in [0.2, 0.25) is 0 Å². The third-order valence-corrected chi connectivity index (χ3v) is 6.04. The Balaban J connectivity index is 0.00000320. The fourth-order valence-corrected chi connectivity index (χ4v) is 4.29. The van der Waals surface area contributed by atoms with Gasteiger partial charge in [-0.1, -0.05) is 18.2 Å². The van der Waals surface area contributed by atoms with E-state index in [0.717, 1.165) is 77.8 Å². The van der Waals surface area contributed by atoms with Crippen molar-refractivity contribution in [1.29, 1.82) is 0 Å². The van der Waals surface area contributed by atoms with Crippen molar-refractivity contribution in [1.82, 2.24) is 15.1 Å². The number of benzene rings is 1. The molecule has 2 fully saturated rings. The van der Waals surface area contributed by atoms with Gasteiger partial charge in [0.15, 0.2) is 5.96 Å². The van der Waals surface area contributed by atoms with Crippen molar-refractivity contribution in [3.63, 3.8) is 0 Å². The summed E-state index contributed by atoms with van der Waals surface area (Å²) in [7, 11) is 0. The van der Waals surface area contributed by atoms with E-state index < -0.39 is 0 Å². The summed E-state index contributed by atoms with van der Waals surface area (Å²) in [5.74, 6) is 1.07. The fourth-order valence-electron chi connectivity index (χ4n) is 4.29. The number of hydrogen-bond acceptors (Lipinski definition) is 4. The summed E-state index contributed by atoms with van der Waals surface area (Å²) >= 11 is 0. The van der Waals surface area contributed by atoms with Crippen LogP contribution in [0.15, 0.2) is 35.3 Å². The number of ether oxygens (including phenoxy) is 1. The van der Waals surface area contributed by atoms with Crippen LogP contribution in [-0.4, -0.2) is 86.9 Å². The second kappa shape index (κ2) is 13.4. The van der Waals surface area contributed by atoms with Crippen LogP contribution in [0.5, 0.6) is 0 Å². The van der Waals surface area contributed by atoms with Crippen molar-refractivity contribution in [2.24, 2.45) is 4.99 Å². The average molecular weight is 530 g/mol. The van der Waals surface area contributed by atoms with Crippen LogP contribution >= 0.6 is 24.0 Å². The van der Waals surface area contributed by atoms with E-state index in [-0.39, 0.29) is 24.0 Å². The van der Waals surface area contributed by atoms with Crippen molar-refractivity contribution in [2.45, 2.75) is 45.8 Å². The Morgan fingerprint density at radius 2 is 1.73 bits per heavy atom. The van der Waals surface area contributed by atoms with E-state index in [4.69, 9.17) is 9.73 Å². The third kappa shape index (κ3) is 7.27. The molecule has 6 nitrogen and oxygen atoms in total. The largest absolute Gasteiger partial charge is 0.378 e. The molecular weight excluding hydrogens is 489 g/mol. The topological polar surface area (TPSA) is 43.3 Å². The van der Waals surface area contributed by atoms with Crippen LogP contribution in [0.25, 0.3) is 0 Å². The van der Waals surface area contributed by atoms with Gasteiger partial charge in [-0.25, -0.2) is 0 Å². The lowest BCUT2D eigenvalue weighted by atomic mass is 10.1. The van der Waals surface area contributed by atoms with Crippen LogP contribution in [0.1, 0.15) is 33.6 Å². The molecule has 0 spiro atoms.